The predicted molar refractivity (Wildman–Crippen MR) is 89.1 cm³/mol. The van der Waals surface area contributed by atoms with Crippen LogP contribution in [0, 0.1) is 0 Å². The molecule has 122 valence electrons. The molecule has 0 saturated carbocycles. The van der Waals surface area contributed by atoms with Gasteiger partial charge in [-0.3, -0.25) is 9.69 Å². The Labute approximate surface area is 132 Å². The molecule has 1 fully saturated rings. The maximum absolute atomic E-state index is 11.8. The molecule has 1 aromatic heterocycles. The Morgan fingerprint density at radius 2 is 2.05 bits per heavy atom. The molecule has 22 heavy (non-hydrogen) atoms. The van der Waals surface area contributed by atoms with Crippen molar-refractivity contribution in [3.05, 3.63) is 24.4 Å². The van der Waals surface area contributed by atoms with Gasteiger partial charge in [0.15, 0.2) is 0 Å². The molecule has 2 heterocycles. The second kappa shape index (κ2) is 9.38. The van der Waals surface area contributed by atoms with Crippen molar-refractivity contribution in [2.24, 2.45) is 0 Å². The molecule has 1 aliphatic rings. The average molecular weight is 305 g/mol. The summed E-state index contributed by atoms with van der Waals surface area (Å²) >= 11 is 0. The van der Waals surface area contributed by atoms with E-state index in [0.717, 1.165) is 58.1 Å². The van der Waals surface area contributed by atoms with Crippen LogP contribution in [0.3, 0.4) is 0 Å². The molecule has 0 bridgehead atoms. The number of nitrogens with zero attached hydrogens (tertiary/aromatic N) is 3. The molecule has 6 nitrogen and oxygen atoms in total. The van der Waals surface area contributed by atoms with E-state index in [1.54, 1.807) is 0 Å². The quantitative estimate of drug-likeness (QED) is 0.677. The van der Waals surface area contributed by atoms with Gasteiger partial charge >= 0.3 is 0 Å². The van der Waals surface area contributed by atoms with Crippen LogP contribution in [0.25, 0.3) is 0 Å². The van der Waals surface area contributed by atoms with Gasteiger partial charge in [-0.05, 0) is 32.1 Å². The Hall–Kier alpha value is -1.66. The Kier molecular flexibility index (Phi) is 7.12. The lowest BCUT2D eigenvalue weighted by Crippen LogP contribution is -2.47. The van der Waals surface area contributed by atoms with E-state index in [1.165, 1.54) is 0 Å². The van der Waals surface area contributed by atoms with Crippen molar-refractivity contribution in [3.8, 4) is 0 Å². The maximum atomic E-state index is 11.8. The van der Waals surface area contributed by atoms with Gasteiger partial charge in [-0.15, -0.1) is 0 Å². The van der Waals surface area contributed by atoms with E-state index in [-0.39, 0.29) is 5.91 Å². The van der Waals surface area contributed by atoms with Gasteiger partial charge in [-0.2, -0.15) is 0 Å². The zero-order chi connectivity index (χ0) is 15.6. The van der Waals surface area contributed by atoms with E-state index in [4.69, 9.17) is 0 Å². The first-order valence-corrected chi connectivity index (χ1v) is 8.09. The highest BCUT2D eigenvalue weighted by Gasteiger charge is 2.18. The minimum absolute atomic E-state index is 0.156. The van der Waals surface area contributed by atoms with E-state index in [0.29, 0.717) is 6.42 Å². The first kappa shape index (κ1) is 16.7. The van der Waals surface area contributed by atoms with Crippen molar-refractivity contribution in [3.63, 3.8) is 0 Å². The van der Waals surface area contributed by atoms with Gasteiger partial charge in [0.05, 0.1) is 0 Å². The summed E-state index contributed by atoms with van der Waals surface area (Å²) in [5.74, 6) is 1.20. The zero-order valence-corrected chi connectivity index (χ0v) is 13.4. The number of carbonyl (C=O) groups excluding carboxylic acids is 1. The molecule has 0 atom stereocenters. The van der Waals surface area contributed by atoms with Crippen LogP contribution >= 0.6 is 0 Å². The number of pyridine rings is 1. The number of aromatic nitrogens is 1. The van der Waals surface area contributed by atoms with Gasteiger partial charge in [0.1, 0.15) is 5.82 Å². The Morgan fingerprint density at radius 1 is 1.23 bits per heavy atom. The summed E-state index contributed by atoms with van der Waals surface area (Å²) < 4.78 is 0. The van der Waals surface area contributed by atoms with E-state index < -0.39 is 0 Å². The van der Waals surface area contributed by atoms with Gasteiger partial charge in [0.2, 0.25) is 5.91 Å². The minimum Gasteiger partial charge on any atom is -0.356 e. The first-order valence-electron chi connectivity index (χ1n) is 8.09. The number of piperazine rings is 1. The molecular weight excluding hydrogens is 278 g/mol. The van der Waals surface area contributed by atoms with Crippen molar-refractivity contribution < 1.29 is 4.79 Å². The predicted octanol–water partition coefficient (Wildman–Crippen LogP) is 0.319. The number of rotatable bonds is 8. The lowest BCUT2D eigenvalue weighted by molar-refractivity contribution is -0.121. The molecule has 2 rings (SSSR count). The monoisotopic (exact) mass is 305 g/mol. The van der Waals surface area contributed by atoms with Crippen LogP contribution in [0.5, 0.6) is 0 Å². The highest BCUT2D eigenvalue weighted by molar-refractivity contribution is 5.76. The Morgan fingerprint density at radius 3 is 2.73 bits per heavy atom. The van der Waals surface area contributed by atoms with Crippen LogP contribution in [0.2, 0.25) is 0 Å². The number of anilines is 1. The van der Waals surface area contributed by atoms with Gasteiger partial charge in [-0.25, -0.2) is 4.98 Å². The van der Waals surface area contributed by atoms with E-state index >= 15 is 0 Å². The SMILES string of the molecule is CNCCCNC(=O)CCN1CCN(c2ccccn2)CC1. The highest BCUT2D eigenvalue weighted by Crippen LogP contribution is 2.12. The van der Waals surface area contributed by atoms with Crippen molar-refractivity contribution in [2.75, 3.05) is 57.8 Å². The van der Waals surface area contributed by atoms with Crippen molar-refractivity contribution in [2.45, 2.75) is 12.8 Å². The molecule has 0 unspecified atom stereocenters. The van der Waals surface area contributed by atoms with Crippen LogP contribution in [-0.4, -0.2) is 68.7 Å². The third-order valence-corrected chi connectivity index (χ3v) is 3.93. The van der Waals surface area contributed by atoms with Crippen LogP contribution < -0.4 is 15.5 Å². The van der Waals surface area contributed by atoms with Crippen LogP contribution in [0.15, 0.2) is 24.4 Å². The standard InChI is InChI=1S/C16H27N5O/c1-17-7-4-9-19-16(22)6-10-20-11-13-21(14-12-20)15-5-2-3-8-18-15/h2-3,5,8,17H,4,6-7,9-14H2,1H3,(H,19,22). The van der Waals surface area contributed by atoms with Crippen molar-refractivity contribution >= 4 is 11.7 Å². The Balaban J connectivity index is 1.60. The number of carbonyl (C=O) groups is 1. The smallest absolute Gasteiger partial charge is 0.221 e. The lowest BCUT2D eigenvalue weighted by Gasteiger charge is -2.35. The molecule has 1 aromatic rings. The summed E-state index contributed by atoms with van der Waals surface area (Å²) in [6.07, 6.45) is 3.40. The van der Waals surface area contributed by atoms with Crippen molar-refractivity contribution in [1.82, 2.24) is 20.5 Å². The average Bonchev–Trinajstić information content (AvgIpc) is 2.58. The fraction of sp³-hybridized carbons (Fsp3) is 0.625. The highest BCUT2D eigenvalue weighted by atomic mass is 16.1. The van der Waals surface area contributed by atoms with Gasteiger partial charge < -0.3 is 15.5 Å². The largest absolute Gasteiger partial charge is 0.356 e. The van der Waals surface area contributed by atoms with E-state index in [2.05, 4.69) is 25.4 Å². The third-order valence-electron chi connectivity index (χ3n) is 3.93. The topological polar surface area (TPSA) is 60.5 Å². The second-order valence-corrected chi connectivity index (χ2v) is 5.57. The summed E-state index contributed by atoms with van der Waals surface area (Å²) in [4.78, 5) is 20.8. The lowest BCUT2D eigenvalue weighted by atomic mass is 10.2. The molecule has 1 aliphatic heterocycles. The Bertz CT molecular complexity index is 431. The fourth-order valence-electron chi connectivity index (χ4n) is 2.58. The molecule has 0 aliphatic carbocycles. The summed E-state index contributed by atoms with van der Waals surface area (Å²) in [5, 5.41) is 6.04. The van der Waals surface area contributed by atoms with Crippen LogP contribution in [-0.2, 0) is 4.79 Å². The van der Waals surface area contributed by atoms with Crippen molar-refractivity contribution in [1.29, 1.82) is 0 Å². The van der Waals surface area contributed by atoms with Gasteiger partial charge in [-0.1, -0.05) is 6.07 Å². The molecule has 0 radical (unpaired) electrons. The molecular formula is C16H27N5O. The number of hydrogen-bond donors (Lipinski definition) is 2. The van der Waals surface area contributed by atoms with Crippen LogP contribution in [0.4, 0.5) is 5.82 Å². The molecule has 1 amide bonds. The van der Waals surface area contributed by atoms with Gasteiger partial charge in [0.25, 0.3) is 0 Å². The number of amides is 1. The minimum atomic E-state index is 0.156. The maximum Gasteiger partial charge on any atom is 0.221 e. The number of nitrogens with one attached hydrogen (secondary N) is 2. The second-order valence-electron chi connectivity index (χ2n) is 5.57. The van der Waals surface area contributed by atoms with Gasteiger partial charge in [0, 0.05) is 51.9 Å². The molecule has 2 N–H and O–H groups in total. The summed E-state index contributed by atoms with van der Waals surface area (Å²) in [7, 11) is 1.92. The summed E-state index contributed by atoms with van der Waals surface area (Å²) in [6, 6.07) is 6.01. The molecule has 1 saturated heterocycles. The summed E-state index contributed by atoms with van der Waals surface area (Å²) in [5.41, 5.74) is 0. The van der Waals surface area contributed by atoms with E-state index in [1.807, 2.05) is 31.4 Å². The molecule has 0 aromatic carbocycles. The number of hydrogen-bond acceptors (Lipinski definition) is 5. The van der Waals surface area contributed by atoms with Crippen LogP contribution in [0.1, 0.15) is 12.8 Å². The first-order chi connectivity index (χ1) is 10.8. The molecule has 6 heteroatoms. The van der Waals surface area contributed by atoms with E-state index in [9.17, 15) is 4.79 Å². The molecule has 0 spiro atoms. The normalized spacial score (nSPS) is 15.8. The zero-order valence-electron chi connectivity index (χ0n) is 13.4. The fourth-order valence-corrected chi connectivity index (χ4v) is 2.58. The summed E-state index contributed by atoms with van der Waals surface area (Å²) in [6.45, 7) is 6.46. The third kappa shape index (κ3) is 5.61.